The molecule has 1 amide bonds. The second-order valence-electron chi connectivity index (χ2n) is 10.9. The molecule has 6 heteroatoms. The average molecular weight is 524 g/mol. The van der Waals surface area contributed by atoms with Crippen LogP contribution in [-0.4, -0.2) is 53.1 Å². The summed E-state index contributed by atoms with van der Waals surface area (Å²) >= 11 is 3.69. The van der Waals surface area contributed by atoms with Crippen molar-refractivity contribution in [3.05, 3.63) is 80.7 Å². The van der Waals surface area contributed by atoms with E-state index in [1.807, 2.05) is 57.9 Å². The predicted molar refractivity (Wildman–Crippen MR) is 149 cm³/mol. The van der Waals surface area contributed by atoms with Crippen molar-refractivity contribution in [1.29, 1.82) is 0 Å². The molecule has 2 fully saturated rings. The van der Waals surface area contributed by atoms with Crippen LogP contribution in [0, 0.1) is 5.92 Å². The Morgan fingerprint density at radius 1 is 0.944 bits per heavy atom. The maximum atomic E-state index is 14.0. The SMILES string of the molecule is C[N+](CCc1cccs1)(Cc1cccs1)C1CCN(C(=O)C(O)(c2ccccc2)C2CCCC2)CC1. The van der Waals surface area contributed by atoms with Crippen LogP contribution in [-0.2, 0) is 23.4 Å². The third-order valence-electron chi connectivity index (χ3n) is 8.67. The third kappa shape index (κ3) is 5.33. The zero-order valence-electron chi connectivity index (χ0n) is 21.4. The van der Waals surface area contributed by atoms with Crippen LogP contribution in [0.2, 0.25) is 0 Å². The van der Waals surface area contributed by atoms with Gasteiger partial charge >= 0.3 is 0 Å². The number of benzene rings is 1. The first kappa shape index (κ1) is 25.7. The van der Waals surface area contributed by atoms with E-state index in [0.29, 0.717) is 6.04 Å². The number of hydrogen-bond donors (Lipinski definition) is 1. The average Bonchev–Trinajstić information content (AvgIpc) is 3.71. The van der Waals surface area contributed by atoms with Crippen molar-refractivity contribution < 1.29 is 14.4 Å². The van der Waals surface area contributed by atoms with E-state index in [-0.39, 0.29) is 11.8 Å². The molecule has 1 aliphatic carbocycles. The van der Waals surface area contributed by atoms with E-state index in [4.69, 9.17) is 0 Å². The van der Waals surface area contributed by atoms with Crippen LogP contribution in [0.4, 0.5) is 0 Å². The molecule has 4 nitrogen and oxygen atoms in total. The van der Waals surface area contributed by atoms with Gasteiger partial charge in [0.15, 0.2) is 5.60 Å². The van der Waals surface area contributed by atoms with Crippen molar-refractivity contribution in [2.24, 2.45) is 5.92 Å². The van der Waals surface area contributed by atoms with Gasteiger partial charge in [0.2, 0.25) is 0 Å². The van der Waals surface area contributed by atoms with Gasteiger partial charge in [0.1, 0.15) is 6.54 Å². The number of likely N-dealkylation sites (N-methyl/N-ethyl adjacent to an activating group) is 1. The van der Waals surface area contributed by atoms with E-state index >= 15 is 0 Å². The summed E-state index contributed by atoms with van der Waals surface area (Å²) in [6.45, 7) is 3.59. The summed E-state index contributed by atoms with van der Waals surface area (Å²) in [5.74, 6) is -0.0686. The standard InChI is InChI=1S/C30H39N2O2S2/c1-32(23-28-14-8-22-36-28,20-17-27-13-7-21-35-27)26-15-18-31(19-16-26)29(33)30(34,25-11-5-6-12-25)24-9-3-2-4-10-24/h2-4,7-10,13-14,21-22,25-26,34H,5-6,11-12,15-20,23H2,1H3/q+1. The number of thiophene rings is 2. The van der Waals surface area contributed by atoms with Gasteiger partial charge in [-0.15, -0.1) is 22.7 Å². The molecule has 2 aromatic heterocycles. The molecule has 0 radical (unpaired) electrons. The maximum absolute atomic E-state index is 14.0. The zero-order valence-corrected chi connectivity index (χ0v) is 23.0. The molecule has 1 aromatic carbocycles. The minimum absolute atomic E-state index is 0.01000. The molecule has 0 bridgehead atoms. The highest BCUT2D eigenvalue weighted by Gasteiger charge is 2.49. The summed E-state index contributed by atoms with van der Waals surface area (Å²) in [5.41, 5.74) is -0.642. The number of hydrogen-bond acceptors (Lipinski definition) is 4. The molecule has 3 aromatic rings. The fourth-order valence-corrected chi connectivity index (χ4v) is 8.03. The Hall–Kier alpha value is -1.99. The molecule has 5 rings (SSSR count). The number of likely N-dealkylation sites (tertiary alicyclic amines) is 1. The maximum Gasteiger partial charge on any atom is 0.259 e. The Kier molecular flexibility index (Phi) is 7.96. The molecular weight excluding hydrogens is 484 g/mol. The highest BCUT2D eigenvalue weighted by atomic mass is 32.1. The van der Waals surface area contributed by atoms with E-state index in [1.165, 1.54) is 9.75 Å². The van der Waals surface area contributed by atoms with Gasteiger partial charge in [-0.3, -0.25) is 4.79 Å². The molecular formula is C30H39N2O2S2+. The Morgan fingerprint density at radius 3 is 2.19 bits per heavy atom. The minimum Gasteiger partial charge on any atom is -0.375 e. The van der Waals surface area contributed by atoms with Crippen molar-refractivity contribution in [2.45, 2.75) is 63.1 Å². The lowest BCUT2D eigenvalue weighted by atomic mass is 9.78. The van der Waals surface area contributed by atoms with Gasteiger partial charge in [0, 0.05) is 43.1 Å². The summed E-state index contributed by atoms with van der Waals surface area (Å²) in [4.78, 5) is 18.8. The fourth-order valence-electron chi connectivity index (χ4n) is 6.47. The summed E-state index contributed by atoms with van der Waals surface area (Å²) in [5, 5.41) is 16.3. The van der Waals surface area contributed by atoms with E-state index < -0.39 is 5.60 Å². The normalized spacial score (nSPS) is 20.8. The summed E-state index contributed by atoms with van der Waals surface area (Å²) < 4.78 is 1.01. The number of carbonyl (C=O) groups is 1. The first-order valence-corrected chi connectivity index (χ1v) is 15.2. The van der Waals surface area contributed by atoms with Crippen LogP contribution in [0.5, 0.6) is 0 Å². The molecule has 1 aliphatic heterocycles. The Balaban J connectivity index is 1.31. The molecule has 1 saturated carbocycles. The lowest BCUT2D eigenvalue weighted by Gasteiger charge is -2.46. The molecule has 2 unspecified atom stereocenters. The van der Waals surface area contributed by atoms with Crippen molar-refractivity contribution in [3.63, 3.8) is 0 Å². The van der Waals surface area contributed by atoms with E-state index in [0.717, 1.165) is 81.2 Å². The number of carbonyl (C=O) groups excluding carboxylic acids is 1. The first-order valence-electron chi connectivity index (χ1n) is 13.5. The topological polar surface area (TPSA) is 40.5 Å². The van der Waals surface area contributed by atoms with Gasteiger partial charge in [-0.25, -0.2) is 0 Å². The van der Waals surface area contributed by atoms with Gasteiger partial charge in [0.25, 0.3) is 5.91 Å². The number of aliphatic hydroxyl groups is 1. The number of rotatable bonds is 9. The molecule has 2 aliphatic rings. The van der Waals surface area contributed by atoms with Crippen molar-refractivity contribution in [3.8, 4) is 0 Å². The van der Waals surface area contributed by atoms with Crippen LogP contribution in [0.3, 0.4) is 0 Å². The largest absolute Gasteiger partial charge is 0.375 e. The Labute approximate surface area is 223 Å². The summed E-state index contributed by atoms with van der Waals surface area (Å²) in [6, 6.07) is 19.0. The molecule has 0 spiro atoms. The molecule has 1 N–H and O–H groups in total. The lowest BCUT2D eigenvalue weighted by molar-refractivity contribution is -0.946. The zero-order chi connectivity index (χ0) is 25.0. The van der Waals surface area contributed by atoms with E-state index in [1.54, 1.807) is 0 Å². The lowest BCUT2D eigenvalue weighted by Crippen LogP contribution is -2.59. The van der Waals surface area contributed by atoms with Crippen molar-refractivity contribution in [1.82, 2.24) is 4.90 Å². The molecule has 36 heavy (non-hydrogen) atoms. The monoisotopic (exact) mass is 523 g/mol. The van der Waals surface area contributed by atoms with Gasteiger partial charge in [0.05, 0.1) is 24.5 Å². The fraction of sp³-hybridized carbons (Fsp3) is 0.500. The smallest absolute Gasteiger partial charge is 0.259 e. The van der Waals surface area contributed by atoms with E-state index in [9.17, 15) is 9.90 Å². The highest BCUT2D eigenvalue weighted by Crippen LogP contribution is 2.42. The molecule has 1 saturated heterocycles. The highest BCUT2D eigenvalue weighted by molar-refractivity contribution is 7.10. The third-order valence-corrected chi connectivity index (χ3v) is 10.5. The van der Waals surface area contributed by atoms with Crippen molar-refractivity contribution >= 4 is 28.6 Å². The van der Waals surface area contributed by atoms with Crippen LogP contribution < -0.4 is 0 Å². The van der Waals surface area contributed by atoms with Gasteiger partial charge in [-0.1, -0.05) is 55.3 Å². The number of piperidine rings is 1. The molecule has 192 valence electrons. The summed E-state index contributed by atoms with van der Waals surface area (Å²) in [6.07, 6.45) is 7.09. The second kappa shape index (κ2) is 11.2. The van der Waals surface area contributed by atoms with Gasteiger partial charge in [-0.05, 0) is 41.3 Å². The van der Waals surface area contributed by atoms with Gasteiger partial charge in [-0.2, -0.15) is 0 Å². The van der Waals surface area contributed by atoms with Crippen LogP contribution in [0.1, 0.15) is 53.8 Å². The van der Waals surface area contributed by atoms with Crippen LogP contribution >= 0.6 is 22.7 Å². The van der Waals surface area contributed by atoms with E-state index in [2.05, 4.69) is 42.1 Å². The first-order chi connectivity index (χ1) is 17.5. The van der Waals surface area contributed by atoms with Crippen molar-refractivity contribution in [2.75, 3.05) is 26.7 Å². The Bertz CT molecular complexity index is 1090. The van der Waals surface area contributed by atoms with Crippen LogP contribution in [0.15, 0.2) is 65.4 Å². The summed E-state index contributed by atoms with van der Waals surface area (Å²) in [7, 11) is 2.41. The quantitative estimate of drug-likeness (QED) is 0.346. The van der Waals surface area contributed by atoms with Gasteiger partial charge < -0.3 is 14.5 Å². The second-order valence-corrected chi connectivity index (χ2v) is 13.0. The molecule has 2 atom stereocenters. The number of amides is 1. The Morgan fingerprint density at radius 2 is 1.58 bits per heavy atom. The van der Waals surface area contributed by atoms with Crippen LogP contribution in [0.25, 0.3) is 0 Å². The molecule has 3 heterocycles. The minimum atomic E-state index is -1.40. The number of quaternary nitrogens is 1. The number of nitrogens with zero attached hydrogens (tertiary/aromatic N) is 2. The predicted octanol–water partition coefficient (Wildman–Crippen LogP) is 6.07.